The summed E-state index contributed by atoms with van der Waals surface area (Å²) < 4.78 is 23.5. The Morgan fingerprint density at radius 3 is 2.26 bits per heavy atom. The molecule has 1 aliphatic heterocycles. The summed E-state index contributed by atoms with van der Waals surface area (Å²) in [4.78, 5) is 23.6. The van der Waals surface area contributed by atoms with Crippen LogP contribution >= 0.6 is 0 Å². The lowest BCUT2D eigenvalue weighted by atomic mass is 10.2. The molecule has 0 saturated carbocycles. The second-order valence-corrected chi connectivity index (χ2v) is 7.07. The number of hydrogen-bond acceptors (Lipinski definition) is 4. The van der Waals surface area contributed by atoms with Crippen molar-refractivity contribution in [3.05, 3.63) is 0 Å². The number of carboxylic acids is 1. The van der Waals surface area contributed by atoms with Crippen LogP contribution in [0.5, 0.6) is 0 Å². The van der Waals surface area contributed by atoms with E-state index in [4.69, 9.17) is 5.11 Å². The molecule has 0 aromatic carbocycles. The van der Waals surface area contributed by atoms with E-state index in [2.05, 4.69) is 0 Å². The summed E-state index contributed by atoms with van der Waals surface area (Å²) in [6, 6.07) is 0. The summed E-state index contributed by atoms with van der Waals surface area (Å²) in [6.07, 6.45) is 3.41. The van der Waals surface area contributed by atoms with E-state index in [1.807, 2.05) is 0 Å². The molecule has 110 valence electrons. The maximum Gasteiger partial charge on any atom is 0.303 e. The van der Waals surface area contributed by atoms with E-state index in [0.29, 0.717) is 32.4 Å². The van der Waals surface area contributed by atoms with Crippen molar-refractivity contribution in [1.82, 2.24) is 4.90 Å². The first-order chi connectivity index (χ1) is 8.91. The smallest absolute Gasteiger partial charge is 0.303 e. The Kier molecular flexibility index (Phi) is 6.27. The maximum atomic E-state index is 11.7. The van der Waals surface area contributed by atoms with E-state index in [0.717, 1.165) is 12.8 Å². The lowest BCUT2D eigenvalue weighted by molar-refractivity contribution is -0.137. The summed E-state index contributed by atoms with van der Waals surface area (Å²) in [7, 11) is -3.36. The molecule has 0 radical (unpaired) electrons. The molecule has 0 bridgehead atoms. The minimum Gasteiger partial charge on any atom is -0.481 e. The van der Waals surface area contributed by atoms with E-state index in [9.17, 15) is 18.0 Å². The fourth-order valence-corrected chi connectivity index (χ4v) is 3.44. The number of carbonyl (C=O) groups excluding carboxylic acids is 1. The molecule has 7 heteroatoms. The van der Waals surface area contributed by atoms with Gasteiger partial charge in [-0.1, -0.05) is 6.42 Å². The van der Waals surface area contributed by atoms with Gasteiger partial charge in [0, 0.05) is 19.5 Å². The predicted molar refractivity (Wildman–Crippen MR) is 70.6 cm³/mol. The highest BCUT2D eigenvalue weighted by Gasteiger charge is 2.23. The number of carboxylic acid groups (broad SMARTS) is 1. The lowest BCUT2D eigenvalue weighted by Crippen LogP contribution is -2.34. The first kappa shape index (κ1) is 15.9. The fourth-order valence-electron chi connectivity index (χ4n) is 2.09. The molecular weight excluding hydrogens is 270 g/mol. The Morgan fingerprint density at radius 2 is 1.68 bits per heavy atom. The topological polar surface area (TPSA) is 91.7 Å². The van der Waals surface area contributed by atoms with Gasteiger partial charge in [0.25, 0.3) is 0 Å². The predicted octanol–water partition coefficient (Wildman–Crippen LogP) is 0.669. The molecule has 1 rings (SSSR count). The number of unbranched alkanes of at least 4 members (excludes halogenated alkanes) is 2. The number of sulfone groups is 1. The average Bonchev–Trinajstić information content (AvgIpc) is 2.80. The SMILES string of the molecule is O=C(O)CCCCCS(=O)(=O)CC(=O)N1CCCC1. The normalized spacial score (nSPS) is 15.7. The minimum atomic E-state index is -3.36. The van der Waals surface area contributed by atoms with Crippen LogP contribution in [0, 0.1) is 0 Å². The van der Waals surface area contributed by atoms with Crippen LogP contribution < -0.4 is 0 Å². The van der Waals surface area contributed by atoms with Crippen LogP contribution in [-0.2, 0) is 19.4 Å². The van der Waals surface area contributed by atoms with Crippen LogP contribution in [0.25, 0.3) is 0 Å². The summed E-state index contributed by atoms with van der Waals surface area (Å²) in [5.74, 6) is -1.62. The van der Waals surface area contributed by atoms with Crippen LogP contribution in [0.15, 0.2) is 0 Å². The van der Waals surface area contributed by atoms with Gasteiger partial charge in [-0.05, 0) is 25.7 Å². The number of rotatable bonds is 8. The molecule has 1 aliphatic rings. The first-order valence-corrected chi connectivity index (χ1v) is 8.43. The van der Waals surface area contributed by atoms with Crippen LogP contribution in [0.3, 0.4) is 0 Å². The van der Waals surface area contributed by atoms with Gasteiger partial charge in [0.15, 0.2) is 9.84 Å². The monoisotopic (exact) mass is 291 g/mol. The van der Waals surface area contributed by atoms with Crippen LogP contribution in [0.4, 0.5) is 0 Å². The molecule has 1 fully saturated rings. The second kappa shape index (κ2) is 7.47. The zero-order valence-electron chi connectivity index (χ0n) is 11.0. The highest BCUT2D eigenvalue weighted by molar-refractivity contribution is 7.92. The number of carbonyl (C=O) groups is 2. The molecule has 1 N–H and O–H groups in total. The molecule has 0 aromatic rings. The molecule has 1 amide bonds. The first-order valence-electron chi connectivity index (χ1n) is 6.61. The Bertz CT molecular complexity index is 412. The third-order valence-electron chi connectivity index (χ3n) is 3.15. The Balaban J connectivity index is 2.23. The van der Waals surface area contributed by atoms with Crippen molar-refractivity contribution in [2.45, 2.75) is 38.5 Å². The van der Waals surface area contributed by atoms with Gasteiger partial charge in [-0.15, -0.1) is 0 Å². The van der Waals surface area contributed by atoms with Gasteiger partial charge in [0.2, 0.25) is 5.91 Å². The zero-order chi connectivity index (χ0) is 14.3. The summed E-state index contributed by atoms with van der Waals surface area (Å²) >= 11 is 0. The van der Waals surface area contributed by atoms with Crippen molar-refractivity contribution in [3.63, 3.8) is 0 Å². The number of amides is 1. The summed E-state index contributed by atoms with van der Waals surface area (Å²) in [5, 5.41) is 8.44. The number of likely N-dealkylation sites (tertiary alicyclic amines) is 1. The standard InChI is InChI=1S/C12H21NO5S/c14-11(13-7-3-4-8-13)10-19(17,18)9-5-1-2-6-12(15)16/h1-10H2,(H,15,16). The quantitative estimate of drug-likeness (QED) is 0.664. The molecule has 0 unspecified atom stereocenters. The van der Waals surface area contributed by atoms with Crippen LogP contribution in [-0.4, -0.2) is 54.9 Å². The van der Waals surface area contributed by atoms with Gasteiger partial charge in [-0.3, -0.25) is 9.59 Å². The van der Waals surface area contributed by atoms with E-state index < -0.39 is 21.6 Å². The van der Waals surface area contributed by atoms with Crippen molar-refractivity contribution >= 4 is 21.7 Å². The lowest BCUT2D eigenvalue weighted by Gasteiger charge is -2.14. The molecule has 0 atom stereocenters. The molecule has 0 spiro atoms. The van der Waals surface area contributed by atoms with Crippen molar-refractivity contribution in [2.24, 2.45) is 0 Å². The maximum absolute atomic E-state index is 11.7. The van der Waals surface area contributed by atoms with Gasteiger partial charge in [-0.25, -0.2) is 8.42 Å². The molecule has 1 saturated heterocycles. The van der Waals surface area contributed by atoms with Crippen molar-refractivity contribution in [3.8, 4) is 0 Å². The zero-order valence-corrected chi connectivity index (χ0v) is 11.8. The van der Waals surface area contributed by atoms with E-state index >= 15 is 0 Å². The van der Waals surface area contributed by atoms with E-state index in [1.165, 1.54) is 0 Å². The molecule has 6 nitrogen and oxygen atoms in total. The fraction of sp³-hybridized carbons (Fsp3) is 0.833. The second-order valence-electron chi connectivity index (χ2n) is 4.88. The molecule has 1 heterocycles. The number of nitrogens with zero attached hydrogens (tertiary/aromatic N) is 1. The van der Waals surface area contributed by atoms with Gasteiger partial charge in [0.1, 0.15) is 5.75 Å². The summed E-state index contributed by atoms with van der Waals surface area (Å²) in [6.45, 7) is 1.32. The Labute approximate surface area is 113 Å². The number of aliphatic carboxylic acids is 1. The van der Waals surface area contributed by atoms with Crippen molar-refractivity contribution in [2.75, 3.05) is 24.6 Å². The third kappa shape index (κ3) is 6.56. The van der Waals surface area contributed by atoms with Gasteiger partial charge in [0.05, 0.1) is 5.75 Å². The third-order valence-corrected chi connectivity index (χ3v) is 4.75. The minimum absolute atomic E-state index is 0.0355. The molecular formula is C12H21NO5S. The van der Waals surface area contributed by atoms with Crippen LogP contribution in [0.1, 0.15) is 38.5 Å². The van der Waals surface area contributed by atoms with Gasteiger partial charge >= 0.3 is 5.97 Å². The highest BCUT2D eigenvalue weighted by atomic mass is 32.2. The van der Waals surface area contributed by atoms with Gasteiger partial charge < -0.3 is 10.0 Å². The Morgan fingerprint density at radius 1 is 1.05 bits per heavy atom. The number of hydrogen-bond donors (Lipinski definition) is 1. The largest absolute Gasteiger partial charge is 0.481 e. The van der Waals surface area contributed by atoms with Crippen molar-refractivity contribution < 1.29 is 23.1 Å². The molecule has 0 aliphatic carbocycles. The van der Waals surface area contributed by atoms with Gasteiger partial charge in [-0.2, -0.15) is 0 Å². The van der Waals surface area contributed by atoms with E-state index in [1.54, 1.807) is 4.90 Å². The average molecular weight is 291 g/mol. The summed E-state index contributed by atoms with van der Waals surface area (Å²) in [5.41, 5.74) is 0. The van der Waals surface area contributed by atoms with E-state index in [-0.39, 0.29) is 18.1 Å². The van der Waals surface area contributed by atoms with Crippen LogP contribution in [0.2, 0.25) is 0 Å². The van der Waals surface area contributed by atoms with Crippen molar-refractivity contribution in [1.29, 1.82) is 0 Å². The molecule has 19 heavy (non-hydrogen) atoms. The highest BCUT2D eigenvalue weighted by Crippen LogP contribution is 2.10. The Hall–Kier alpha value is -1.11. The molecule has 0 aromatic heterocycles.